The fourth-order valence-electron chi connectivity index (χ4n) is 6.31. The Morgan fingerprint density at radius 1 is 0.971 bits per heavy atom. The summed E-state index contributed by atoms with van der Waals surface area (Å²) in [5, 5.41) is 7.94. The highest BCUT2D eigenvalue weighted by Crippen LogP contribution is 2.29. The Balaban J connectivity index is 1.09. The lowest BCUT2D eigenvalue weighted by Gasteiger charge is -2.36. The maximum Gasteiger partial charge on any atom is 0.222 e. The van der Waals surface area contributed by atoms with E-state index in [1.54, 1.807) is 0 Å². The number of carbonyl (C=O) groups is 1. The molecule has 3 aliphatic heterocycles. The minimum atomic E-state index is 0.353. The van der Waals surface area contributed by atoms with Crippen LogP contribution < -0.4 is 5.32 Å². The maximum absolute atomic E-state index is 13.2. The molecule has 0 bridgehead atoms. The second kappa shape index (κ2) is 12.2. The van der Waals surface area contributed by atoms with Crippen LogP contribution in [-0.4, -0.2) is 60.1 Å². The molecule has 1 aromatic carbocycles. The van der Waals surface area contributed by atoms with Gasteiger partial charge in [-0.1, -0.05) is 41.9 Å². The third-order valence-electron chi connectivity index (χ3n) is 8.44. The van der Waals surface area contributed by atoms with Crippen LogP contribution in [0.2, 0.25) is 0 Å². The molecule has 3 fully saturated rings. The number of benzene rings is 1. The zero-order valence-electron chi connectivity index (χ0n) is 21.2. The number of amides is 1. The molecule has 2 aromatic rings. The van der Waals surface area contributed by atoms with Crippen molar-refractivity contribution in [3.05, 3.63) is 53.4 Å². The van der Waals surface area contributed by atoms with Crippen molar-refractivity contribution in [2.75, 3.05) is 39.3 Å². The van der Waals surface area contributed by atoms with Crippen molar-refractivity contribution in [3.63, 3.8) is 0 Å². The third-order valence-corrected chi connectivity index (χ3v) is 8.44. The monoisotopic (exact) mass is 478 g/mol. The minimum absolute atomic E-state index is 0.353. The summed E-state index contributed by atoms with van der Waals surface area (Å²) in [6.07, 6.45) is 9.94. The Morgan fingerprint density at radius 2 is 1.77 bits per heavy atom. The number of nitrogens with one attached hydrogen (secondary N) is 1. The van der Waals surface area contributed by atoms with Crippen molar-refractivity contribution in [3.8, 4) is 0 Å². The molecule has 3 saturated heterocycles. The van der Waals surface area contributed by atoms with Crippen LogP contribution in [0.1, 0.15) is 62.0 Å². The third kappa shape index (κ3) is 6.95. The molecule has 0 aliphatic carbocycles. The number of piperidine rings is 3. The van der Waals surface area contributed by atoms with Gasteiger partial charge in [0, 0.05) is 25.6 Å². The van der Waals surface area contributed by atoms with Crippen LogP contribution in [0, 0.1) is 17.8 Å². The van der Waals surface area contributed by atoms with E-state index in [2.05, 4.69) is 56.7 Å². The highest BCUT2D eigenvalue weighted by atomic mass is 16.5. The number of hydrogen-bond acceptors (Lipinski definition) is 5. The smallest absolute Gasteiger partial charge is 0.222 e. The first kappa shape index (κ1) is 24.5. The molecule has 4 heterocycles. The normalized spacial score (nSPS) is 24.5. The van der Waals surface area contributed by atoms with Gasteiger partial charge >= 0.3 is 0 Å². The van der Waals surface area contributed by atoms with Gasteiger partial charge in [-0.05, 0) is 94.4 Å². The second-order valence-electron chi connectivity index (χ2n) is 11.1. The highest BCUT2D eigenvalue weighted by Gasteiger charge is 2.31. The van der Waals surface area contributed by atoms with Gasteiger partial charge in [-0.3, -0.25) is 9.69 Å². The number of nitrogens with zero attached hydrogens (tertiary/aromatic N) is 3. The van der Waals surface area contributed by atoms with Gasteiger partial charge in [0.1, 0.15) is 0 Å². The van der Waals surface area contributed by atoms with Gasteiger partial charge in [-0.2, -0.15) is 0 Å². The average Bonchev–Trinajstić information content (AvgIpc) is 3.33. The fraction of sp³-hybridized carbons (Fsp3) is 0.655. The van der Waals surface area contributed by atoms with Crippen LogP contribution in [-0.2, 0) is 24.2 Å². The number of aromatic nitrogens is 1. The van der Waals surface area contributed by atoms with Gasteiger partial charge in [-0.25, -0.2) is 0 Å². The molecule has 3 aliphatic rings. The van der Waals surface area contributed by atoms with Crippen LogP contribution in [0.15, 0.2) is 40.9 Å². The average molecular weight is 479 g/mol. The zero-order chi connectivity index (χ0) is 23.9. The molecule has 1 amide bonds. The first-order valence-corrected chi connectivity index (χ1v) is 13.9. The van der Waals surface area contributed by atoms with Crippen molar-refractivity contribution >= 4 is 5.91 Å². The summed E-state index contributed by atoms with van der Waals surface area (Å²) in [5.74, 6) is 2.89. The Bertz CT molecular complexity index is 916. The molecule has 0 spiro atoms. The van der Waals surface area contributed by atoms with Crippen molar-refractivity contribution in [2.45, 2.75) is 64.3 Å². The first-order valence-electron chi connectivity index (χ1n) is 13.9. The van der Waals surface area contributed by atoms with E-state index in [9.17, 15) is 4.79 Å². The standard InChI is InChI=1S/C29H42N4O2/c34-29(33-15-10-24(11-16-33)17-23-7-3-1-4-8-23)19-25-9-12-30-21-26(25)18-27-20-28(35-31-27)22-32-13-5-2-6-14-32/h1,3-4,7-8,20,24-26,30H,2,5-6,9-19,21-22H2/t25-,26+/m1/s1. The SMILES string of the molecule is O=C(C[C@H]1CCNC[C@@H]1Cc1cc(CN2CCCCC2)on1)N1CCC(Cc2ccccc2)CC1. The van der Waals surface area contributed by atoms with E-state index in [4.69, 9.17) is 4.52 Å². The molecule has 0 saturated carbocycles. The van der Waals surface area contributed by atoms with Gasteiger partial charge in [-0.15, -0.1) is 0 Å². The van der Waals surface area contributed by atoms with Crippen LogP contribution >= 0.6 is 0 Å². The Hall–Kier alpha value is -2.18. The fourth-order valence-corrected chi connectivity index (χ4v) is 6.31. The molecule has 6 nitrogen and oxygen atoms in total. The topological polar surface area (TPSA) is 61.6 Å². The molecule has 6 heteroatoms. The molecule has 0 unspecified atom stereocenters. The number of carbonyl (C=O) groups excluding carboxylic acids is 1. The summed E-state index contributed by atoms with van der Waals surface area (Å²) < 4.78 is 5.69. The Kier molecular flexibility index (Phi) is 8.53. The van der Waals surface area contributed by atoms with Crippen molar-refractivity contribution in [1.82, 2.24) is 20.3 Å². The van der Waals surface area contributed by atoms with Gasteiger partial charge < -0.3 is 14.7 Å². The van der Waals surface area contributed by atoms with E-state index in [-0.39, 0.29) is 0 Å². The minimum Gasteiger partial charge on any atom is -0.360 e. The summed E-state index contributed by atoms with van der Waals surface area (Å²) in [7, 11) is 0. The highest BCUT2D eigenvalue weighted by molar-refractivity contribution is 5.76. The Labute approximate surface area is 210 Å². The van der Waals surface area contributed by atoms with Gasteiger partial charge in [0.15, 0.2) is 5.76 Å². The summed E-state index contributed by atoms with van der Waals surface area (Å²) in [4.78, 5) is 17.8. The van der Waals surface area contributed by atoms with Crippen molar-refractivity contribution < 1.29 is 9.32 Å². The maximum atomic E-state index is 13.2. The van der Waals surface area contributed by atoms with Crippen LogP contribution in [0.25, 0.3) is 0 Å². The van der Waals surface area contributed by atoms with Gasteiger partial charge in [0.2, 0.25) is 5.91 Å². The predicted molar refractivity (Wildman–Crippen MR) is 138 cm³/mol. The number of rotatable bonds is 8. The number of hydrogen-bond donors (Lipinski definition) is 1. The zero-order valence-corrected chi connectivity index (χ0v) is 21.2. The molecule has 5 rings (SSSR count). The summed E-state index contributed by atoms with van der Waals surface area (Å²) >= 11 is 0. The Morgan fingerprint density at radius 3 is 2.57 bits per heavy atom. The molecule has 0 radical (unpaired) electrons. The van der Waals surface area contributed by atoms with Crippen LogP contribution in [0.5, 0.6) is 0 Å². The quantitative estimate of drug-likeness (QED) is 0.613. The van der Waals surface area contributed by atoms with E-state index in [0.717, 1.165) is 89.4 Å². The van der Waals surface area contributed by atoms with Crippen LogP contribution in [0.3, 0.4) is 0 Å². The molecule has 190 valence electrons. The van der Waals surface area contributed by atoms with Gasteiger partial charge in [0.25, 0.3) is 0 Å². The lowest BCUT2D eigenvalue weighted by atomic mass is 9.80. The molecular formula is C29H42N4O2. The molecule has 1 N–H and O–H groups in total. The van der Waals surface area contributed by atoms with E-state index in [1.807, 2.05) is 0 Å². The summed E-state index contributed by atoms with van der Waals surface area (Å²) in [5.41, 5.74) is 2.46. The number of likely N-dealkylation sites (tertiary alicyclic amines) is 2. The van der Waals surface area contributed by atoms with E-state index in [0.29, 0.717) is 30.1 Å². The van der Waals surface area contributed by atoms with Crippen LogP contribution in [0.4, 0.5) is 0 Å². The van der Waals surface area contributed by atoms with E-state index < -0.39 is 0 Å². The van der Waals surface area contributed by atoms with E-state index in [1.165, 1.54) is 24.8 Å². The predicted octanol–water partition coefficient (Wildman–Crippen LogP) is 4.30. The largest absolute Gasteiger partial charge is 0.360 e. The van der Waals surface area contributed by atoms with Crippen molar-refractivity contribution in [1.29, 1.82) is 0 Å². The lowest BCUT2D eigenvalue weighted by Crippen LogP contribution is -2.43. The summed E-state index contributed by atoms with van der Waals surface area (Å²) in [6.45, 7) is 6.99. The first-order chi connectivity index (χ1) is 17.2. The molecule has 2 atom stereocenters. The second-order valence-corrected chi connectivity index (χ2v) is 11.1. The van der Waals surface area contributed by atoms with Crippen molar-refractivity contribution in [2.24, 2.45) is 17.8 Å². The molecule has 1 aromatic heterocycles. The molecule has 35 heavy (non-hydrogen) atoms. The molecular weight excluding hydrogens is 436 g/mol. The summed E-state index contributed by atoms with van der Waals surface area (Å²) in [6, 6.07) is 12.9. The van der Waals surface area contributed by atoms with Gasteiger partial charge in [0.05, 0.1) is 12.2 Å². The lowest BCUT2D eigenvalue weighted by molar-refractivity contribution is -0.134. The van der Waals surface area contributed by atoms with E-state index >= 15 is 0 Å².